The van der Waals surface area contributed by atoms with E-state index in [1.807, 2.05) is 20.0 Å². The van der Waals surface area contributed by atoms with Crippen LogP contribution in [0, 0.1) is 19.3 Å². The Bertz CT molecular complexity index is 846. The zero-order chi connectivity index (χ0) is 20.6. The molecule has 4 rings (SSSR count). The molecule has 29 heavy (non-hydrogen) atoms. The summed E-state index contributed by atoms with van der Waals surface area (Å²) in [6, 6.07) is 4.21. The third kappa shape index (κ3) is 3.95. The largest absolute Gasteiger partial charge is 0.361 e. The average molecular weight is 397 g/mol. The van der Waals surface area contributed by atoms with E-state index in [1.165, 1.54) is 0 Å². The second-order valence-corrected chi connectivity index (χ2v) is 9.13. The van der Waals surface area contributed by atoms with Gasteiger partial charge in [-0.05, 0) is 65.7 Å². The molecule has 4 heterocycles. The van der Waals surface area contributed by atoms with Gasteiger partial charge in [-0.15, -0.1) is 0 Å². The summed E-state index contributed by atoms with van der Waals surface area (Å²) < 4.78 is 5.29. The van der Waals surface area contributed by atoms with Gasteiger partial charge in [-0.2, -0.15) is 0 Å². The Kier molecular flexibility index (Phi) is 5.47. The lowest BCUT2D eigenvalue weighted by molar-refractivity contribution is -0.145. The molecule has 2 aromatic heterocycles. The first kappa shape index (κ1) is 20.1. The van der Waals surface area contributed by atoms with E-state index in [0.29, 0.717) is 11.8 Å². The Morgan fingerprint density at radius 1 is 1.21 bits per heavy atom. The van der Waals surface area contributed by atoms with Crippen molar-refractivity contribution in [3.63, 3.8) is 0 Å². The number of hydrogen-bond donors (Lipinski definition) is 0. The van der Waals surface area contributed by atoms with Crippen molar-refractivity contribution in [2.24, 2.45) is 5.41 Å². The second-order valence-electron chi connectivity index (χ2n) is 9.13. The Morgan fingerprint density at radius 3 is 2.59 bits per heavy atom. The molecule has 0 spiro atoms. The minimum absolute atomic E-state index is 0.213. The molecule has 2 fully saturated rings. The van der Waals surface area contributed by atoms with Gasteiger partial charge in [0.25, 0.3) is 0 Å². The van der Waals surface area contributed by atoms with Gasteiger partial charge in [-0.1, -0.05) is 18.1 Å². The molecule has 2 aliphatic rings. The molecule has 0 N–H and O–H groups in total. The molecule has 6 heteroatoms. The molecule has 1 atom stereocenters. The highest BCUT2D eigenvalue weighted by Crippen LogP contribution is 2.36. The predicted molar refractivity (Wildman–Crippen MR) is 113 cm³/mol. The second kappa shape index (κ2) is 7.90. The highest BCUT2D eigenvalue weighted by Gasteiger charge is 2.40. The maximum absolute atomic E-state index is 13.3. The monoisotopic (exact) mass is 396 g/mol. The van der Waals surface area contributed by atoms with Crippen LogP contribution in [-0.4, -0.2) is 59.1 Å². The average Bonchev–Trinajstić information content (AvgIpc) is 3.08. The van der Waals surface area contributed by atoms with E-state index in [2.05, 4.69) is 41.1 Å². The van der Waals surface area contributed by atoms with Gasteiger partial charge in [0.1, 0.15) is 5.76 Å². The van der Waals surface area contributed by atoms with Crippen LogP contribution in [0.4, 0.5) is 0 Å². The molecule has 2 aliphatic heterocycles. The van der Waals surface area contributed by atoms with E-state index >= 15 is 0 Å². The third-order valence-corrected chi connectivity index (χ3v) is 6.84. The summed E-state index contributed by atoms with van der Waals surface area (Å²) in [5.74, 6) is 1.46. The van der Waals surface area contributed by atoms with Crippen LogP contribution in [0.25, 0.3) is 11.1 Å². The van der Waals surface area contributed by atoms with Crippen LogP contribution >= 0.6 is 0 Å². The normalized spacial score (nSPS) is 22.6. The lowest BCUT2D eigenvalue weighted by atomic mass is 9.78. The van der Waals surface area contributed by atoms with Gasteiger partial charge < -0.3 is 14.3 Å². The van der Waals surface area contributed by atoms with Crippen LogP contribution in [0.3, 0.4) is 0 Å². The number of rotatable bonds is 3. The van der Waals surface area contributed by atoms with E-state index < -0.39 is 0 Å². The number of amides is 1. The molecular formula is C23H32N4O2. The summed E-state index contributed by atoms with van der Waals surface area (Å²) in [7, 11) is 2.14. The van der Waals surface area contributed by atoms with E-state index in [-0.39, 0.29) is 5.41 Å². The van der Waals surface area contributed by atoms with Gasteiger partial charge >= 0.3 is 0 Å². The molecule has 2 aromatic rings. The molecule has 0 aliphatic carbocycles. The molecule has 156 valence electrons. The molecule has 0 aromatic carbocycles. The van der Waals surface area contributed by atoms with Crippen LogP contribution in [-0.2, 0) is 4.79 Å². The number of aromatic nitrogens is 2. The Balaban J connectivity index is 1.46. The van der Waals surface area contributed by atoms with E-state index in [4.69, 9.17) is 9.51 Å². The SMILES string of the molecule is Cc1noc(C)c1-c1ccc(C2CCCN(C(=O)C3(C)CCN(C)CC3)C2)nc1. The van der Waals surface area contributed by atoms with Crippen LogP contribution < -0.4 is 0 Å². The number of pyridine rings is 1. The number of hydrogen-bond acceptors (Lipinski definition) is 5. The first-order chi connectivity index (χ1) is 13.9. The van der Waals surface area contributed by atoms with Gasteiger partial charge in [0.2, 0.25) is 5.91 Å². The topological polar surface area (TPSA) is 62.5 Å². The van der Waals surface area contributed by atoms with Crippen LogP contribution in [0.2, 0.25) is 0 Å². The van der Waals surface area contributed by atoms with Gasteiger partial charge in [0.15, 0.2) is 0 Å². The molecule has 1 amide bonds. The van der Waals surface area contributed by atoms with E-state index in [1.54, 1.807) is 0 Å². The summed E-state index contributed by atoms with van der Waals surface area (Å²) >= 11 is 0. The molecular weight excluding hydrogens is 364 g/mol. The van der Waals surface area contributed by atoms with Crippen molar-refractivity contribution >= 4 is 5.91 Å². The summed E-state index contributed by atoms with van der Waals surface area (Å²) in [4.78, 5) is 22.5. The van der Waals surface area contributed by atoms with Crippen molar-refractivity contribution in [1.82, 2.24) is 19.9 Å². The van der Waals surface area contributed by atoms with Crippen LogP contribution in [0.1, 0.15) is 55.7 Å². The van der Waals surface area contributed by atoms with Gasteiger partial charge in [-0.25, -0.2) is 0 Å². The van der Waals surface area contributed by atoms with Crippen molar-refractivity contribution in [3.8, 4) is 11.1 Å². The smallest absolute Gasteiger partial charge is 0.228 e. The summed E-state index contributed by atoms with van der Waals surface area (Å²) in [5, 5.41) is 4.04. The van der Waals surface area contributed by atoms with Crippen molar-refractivity contribution in [1.29, 1.82) is 0 Å². The van der Waals surface area contributed by atoms with Gasteiger partial charge in [-0.3, -0.25) is 9.78 Å². The van der Waals surface area contributed by atoms with E-state index in [9.17, 15) is 4.79 Å². The summed E-state index contributed by atoms with van der Waals surface area (Å²) in [6.45, 7) is 9.70. The van der Waals surface area contributed by atoms with Crippen molar-refractivity contribution < 1.29 is 9.32 Å². The van der Waals surface area contributed by atoms with Crippen molar-refractivity contribution in [2.75, 3.05) is 33.2 Å². The molecule has 0 radical (unpaired) electrons. The Hall–Kier alpha value is -2.21. The third-order valence-electron chi connectivity index (χ3n) is 6.84. The molecule has 6 nitrogen and oxygen atoms in total. The van der Waals surface area contributed by atoms with Gasteiger partial charge in [0.05, 0.1) is 5.69 Å². The fraction of sp³-hybridized carbons (Fsp3) is 0.609. The zero-order valence-electron chi connectivity index (χ0n) is 18.1. The quantitative estimate of drug-likeness (QED) is 0.790. The highest BCUT2D eigenvalue weighted by molar-refractivity contribution is 5.82. The number of aryl methyl sites for hydroxylation is 2. The predicted octanol–water partition coefficient (Wildman–Crippen LogP) is 3.79. The zero-order valence-corrected chi connectivity index (χ0v) is 18.1. The van der Waals surface area contributed by atoms with E-state index in [0.717, 1.165) is 80.1 Å². The lowest BCUT2D eigenvalue weighted by Crippen LogP contribution is -2.50. The summed E-state index contributed by atoms with van der Waals surface area (Å²) in [6.07, 6.45) is 5.95. The van der Waals surface area contributed by atoms with Gasteiger partial charge in [0, 0.05) is 47.4 Å². The Labute approximate surface area is 173 Å². The lowest BCUT2D eigenvalue weighted by Gasteiger charge is -2.42. The number of carbonyl (C=O) groups excluding carboxylic acids is 1. The number of nitrogens with zero attached hydrogens (tertiary/aromatic N) is 4. The number of carbonyl (C=O) groups is 1. The maximum atomic E-state index is 13.3. The fourth-order valence-corrected chi connectivity index (χ4v) is 4.80. The highest BCUT2D eigenvalue weighted by atomic mass is 16.5. The van der Waals surface area contributed by atoms with Crippen molar-refractivity contribution in [3.05, 3.63) is 35.5 Å². The fourth-order valence-electron chi connectivity index (χ4n) is 4.80. The Morgan fingerprint density at radius 2 is 1.97 bits per heavy atom. The summed E-state index contributed by atoms with van der Waals surface area (Å²) in [5.41, 5.74) is 3.81. The number of piperidine rings is 2. The molecule has 2 saturated heterocycles. The minimum atomic E-state index is -0.213. The first-order valence-electron chi connectivity index (χ1n) is 10.7. The number of likely N-dealkylation sites (tertiary alicyclic amines) is 2. The molecule has 1 unspecified atom stereocenters. The minimum Gasteiger partial charge on any atom is -0.361 e. The van der Waals surface area contributed by atoms with Crippen LogP contribution in [0.15, 0.2) is 22.9 Å². The van der Waals surface area contributed by atoms with Crippen LogP contribution in [0.5, 0.6) is 0 Å². The standard InChI is InChI=1S/C23H32N4O2/c1-16-21(17(2)29-25-16)18-7-8-20(24-14-18)19-6-5-11-27(15-19)22(28)23(3)9-12-26(4)13-10-23/h7-8,14,19H,5-6,9-13,15H2,1-4H3. The maximum Gasteiger partial charge on any atom is 0.228 e. The first-order valence-corrected chi connectivity index (χ1v) is 10.7. The van der Waals surface area contributed by atoms with Crippen molar-refractivity contribution in [2.45, 2.75) is 52.4 Å². The molecule has 0 bridgehead atoms. The molecule has 0 saturated carbocycles.